The molecular weight excluding hydrogens is 599 g/mol. The van der Waals surface area contributed by atoms with Crippen LogP contribution in [-0.4, -0.2) is 15.0 Å². The van der Waals surface area contributed by atoms with E-state index in [9.17, 15) is 0 Å². The molecule has 0 amide bonds. The predicted octanol–water partition coefficient (Wildman–Crippen LogP) is 11.1. The zero-order valence-electron chi connectivity index (χ0n) is 27.4. The number of allylic oxidation sites excluding steroid dienone is 6. The first kappa shape index (κ1) is 30.2. The van der Waals surface area contributed by atoms with E-state index in [1.165, 1.54) is 27.8 Å². The molecule has 8 rings (SSSR count). The summed E-state index contributed by atoms with van der Waals surface area (Å²) in [6.07, 6.45) is 15.9. The van der Waals surface area contributed by atoms with Gasteiger partial charge in [-0.15, -0.1) is 0 Å². The summed E-state index contributed by atoms with van der Waals surface area (Å²) in [5, 5.41) is 2.28. The van der Waals surface area contributed by atoms with Crippen molar-refractivity contribution in [1.29, 1.82) is 0 Å². The molecule has 0 bridgehead atoms. The van der Waals surface area contributed by atoms with Crippen LogP contribution in [0, 0.1) is 0 Å². The van der Waals surface area contributed by atoms with E-state index in [4.69, 9.17) is 19.4 Å². The Kier molecular flexibility index (Phi) is 7.90. The Morgan fingerprint density at radius 1 is 0.714 bits per heavy atom. The normalized spacial score (nSPS) is 15.8. The monoisotopic (exact) mass is 633 g/mol. The molecule has 5 aromatic carbocycles. The van der Waals surface area contributed by atoms with E-state index in [1.807, 2.05) is 54.6 Å². The molecule has 4 nitrogen and oxygen atoms in total. The molecule has 1 aliphatic carbocycles. The average Bonchev–Trinajstić information content (AvgIpc) is 3.54. The van der Waals surface area contributed by atoms with Crippen molar-refractivity contribution in [2.24, 2.45) is 0 Å². The van der Waals surface area contributed by atoms with Crippen LogP contribution >= 0.6 is 0 Å². The van der Waals surface area contributed by atoms with Gasteiger partial charge in [-0.2, -0.15) is 0 Å². The van der Waals surface area contributed by atoms with Gasteiger partial charge in [0.15, 0.2) is 11.6 Å². The second kappa shape index (κ2) is 12.8. The Morgan fingerprint density at radius 3 is 2.37 bits per heavy atom. The minimum absolute atomic E-state index is 0.445. The van der Waals surface area contributed by atoms with E-state index >= 15 is 0 Å². The van der Waals surface area contributed by atoms with Gasteiger partial charge < -0.3 is 4.42 Å². The first-order chi connectivity index (χ1) is 24.1. The molecule has 0 saturated heterocycles. The standard InChI is InChI=1S/C45H35N3O/c1-3-4-5-6-8-15-31-16-13-19-35(28-31)43-46-42(33-17-9-7-10-18-33)47-44(48-43)45(2)27-26-32-24-25-34(29-36(32)30-45)37-21-14-23-40-41(37)38-20-11-12-22-39(38)49-40/h3-14,16-29H,1,15,30H2,2H3/b5-4-,8-6-. The second-order valence-corrected chi connectivity index (χ2v) is 12.7. The number of fused-ring (bicyclic) bond motifs is 4. The highest BCUT2D eigenvalue weighted by Gasteiger charge is 2.32. The van der Waals surface area contributed by atoms with Crippen molar-refractivity contribution in [2.45, 2.75) is 25.2 Å². The lowest BCUT2D eigenvalue weighted by Crippen LogP contribution is -2.28. The highest BCUT2D eigenvalue weighted by atomic mass is 16.3. The Morgan fingerprint density at radius 2 is 1.49 bits per heavy atom. The third kappa shape index (κ3) is 5.94. The molecule has 0 spiro atoms. The molecule has 0 saturated carbocycles. The molecule has 2 aromatic heterocycles. The summed E-state index contributed by atoms with van der Waals surface area (Å²) in [4.78, 5) is 15.3. The van der Waals surface area contributed by atoms with Gasteiger partial charge in [-0.3, -0.25) is 0 Å². The summed E-state index contributed by atoms with van der Waals surface area (Å²) >= 11 is 0. The molecule has 0 aliphatic heterocycles. The van der Waals surface area contributed by atoms with Crippen LogP contribution in [0.15, 0.2) is 163 Å². The number of benzene rings is 5. The predicted molar refractivity (Wildman–Crippen MR) is 202 cm³/mol. The maximum Gasteiger partial charge on any atom is 0.163 e. The van der Waals surface area contributed by atoms with E-state index < -0.39 is 5.41 Å². The molecule has 0 fully saturated rings. The van der Waals surface area contributed by atoms with Crippen molar-refractivity contribution in [2.75, 3.05) is 0 Å². The number of furan rings is 1. The molecule has 4 heteroatoms. The second-order valence-electron chi connectivity index (χ2n) is 12.7. The van der Waals surface area contributed by atoms with E-state index in [2.05, 4.69) is 111 Å². The maximum absolute atomic E-state index is 6.21. The third-order valence-electron chi connectivity index (χ3n) is 9.26. The largest absolute Gasteiger partial charge is 0.456 e. The fraction of sp³-hybridized carbons (Fsp3) is 0.0889. The van der Waals surface area contributed by atoms with Crippen LogP contribution in [0.1, 0.15) is 29.4 Å². The smallest absolute Gasteiger partial charge is 0.163 e. The summed E-state index contributed by atoms with van der Waals surface area (Å²) in [6.45, 7) is 5.97. The van der Waals surface area contributed by atoms with Crippen LogP contribution in [0.2, 0.25) is 0 Å². The minimum atomic E-state index is -0.445. The van der Waals surface area contributed by atoms with E-state index in [0.29, 0.717) is 11.6 Å². The molecule has 1 aliphatic rings. The van der Waals surface area contributed by atoms with Crippen LogP contribution in [-0.2, 0) is 18.3 Å². The van der Waals surface area contributed by atoms with Gasteiger partial charge in [-0.1, -0.05) is 146 Å². The van der Waals surface area contributed by atoms with Crippen LogP contribution < -0.4 is 0 Å². The summed E-state index contributed by atoms with van der Waals surface area (Å²) < 4.78 is 6.21. The van der Waals surface area contributed by atoms with E-state index in [-0.39, 0.29) is 0 Å². The highest BCUT2D eigenvalue weighted by molar-refractivity contribution is 6.12. The van der Waals surface area contributed by atoms with Crippen molar-refractivity contribution < 1.29 is 4.42 Å². The number of nitrogens with zero attached hydrogens (tertiary/aromatic N) is 3. The van der Waals surface area contributed by atoms with Crippen LogP contribution in [0.4, 0.5) is 0 Å². The van der Waals surface area contributed by atoms with Gasteiger partial charge >= 0.3 is 0 Å². The van der Waals surface area contributed by atoms with Crippen molar-refractivity contribution in [3.05, 3.63) is 181 Å². The molecule has 2 heterocycles. The van der Waals surface area contributed by atoms with Crippen LogP contribution in [0.3, 0.4) is 0 Å². The van der Waals surface area contributed by atoms with Crippen LogP contribution in [0.5, 0.6) is 0 Å². The molecule has 236 valence electrons. The zero-order valence-corrected chi connectivity index (χ0v) is 27.4. The Balaban J connectivity index is 1.19. The Hall–Kier alpha value is -6.13. The third-order valence-corrected chi connectivity index (χ3v) is 9.26. The average molecular weight is 634 g/mol. The first-order valence-electron chi connectivity index (χ1n) is 16.7. The maximum atomic E-state index is 6.21. The van der Waals surface area contributed by atoms with Crippen LogP contribution in [0.25, 0.3) is 61.9 Å². The Bertz CT molecular complexity index is 2430. The molecular formula is C45H35N3O. The van der Waals surface area contributed by atoms with Gasteiger partial charge in [-0.25, -0.2) is 15.0 Å². The fourth-order valence-electron chi connectivity index (χ4n) is 6.73. The van der Waals surface area contributed by atoms with Crippen molar-refractivity contribution in [3.63, 3.8) is 0 Å². The fourth-order valence-corrected chi connectivity index (χ4v) is 6.73. The number of hydrogen-bond donors (Lipinski definition) is 0. The van der Waals surface area contributed by atoms with Gasteiger partial charge in [0.25, 0.3) is 0 Å². The van der Waals surface area contributed by atoms with Crippen molar-refractivity contribution >= 4 is 28.0 Å². The lowest BCUT2D eigenvalue weighted by Gasteiger charge is -2.30. The first-order valence-corrected chi connectivity index (χ1v) is 16.7. The summed E-state index contributed by atoms with van der Waals surface area (Å²) in [5.41, 5.74) is 9.29. The number of para-hydroxylation sites is 1. The SMILES string of the molecule is C=C/C=C\C=C/Cc1cccc(-c2nc(-c3ccccc3)nc(C3(C)C=Cc4ccc(-c5cccc6oc7ccccc7c56)cc4C3)n2)c1. The van der Waals surface area contributed by atoms with Gasteiger partial charge in [0.05, 0.1) is 0 Å². The van der Waals surface area contributed by atoms with E-state index in [1.54, 1.807) is 6.08 Å². The number of hydrogen-bond acceptors (Lipinski definition) is 4. The molecule has 1 atom stereocenters. The molecule has 0 N–H and O–H groups in total. The molecule has 49 heavy (non-hydrogen) atoms. The van der Waals surface area contributed by atoms with Crippen molar-refractivity contribution in [3.8, 4) is 33.9 Å². The summed E-state index contributed by atoms with van der Waals surface area (Å²) in [5.74, 6) is 2.11. The molecule has 0 radical (unpaired) electrons. The summed E-state index contributed by atoms with van der Waals surface area (Å²) in [6, 6.07) is 40.0. The number of rotatable bonds is 8. The lowest BCUT2D eigenvalue weighted by atomic mass is 9.76. The number of aromatic nitrogens is 3. The molecule has 1 unspecified atom stereocenters. The van der Waals surface area contributed by atoms with E-state index in [0.717, 1.165) is 51.7 Å². The highest BCUT2D eigenvalue weighted by Crippen LogP contribution is 2.40. The lowest BCUT2D eigenvalue weighted by molar-refractivity contribution is 0.544. The van der Waals surface area contributed by atoms with Gasteiger partial charge in [0, 0.05) is 27.3 Å². The van der Waals surface area contributed by atoms with Gasteiger partial charge in [-0.05, 0) is 65.8 Å². The topological polar surface area (TPSA) is 51.8 Å². The van der Waals surface area contributed by atoms with Crippen molar-refractivity contribution in [1.82, 2.24) is 15.0 Å². The minimum Gasteiger partial charge on any atom is -0.456 e. The van der Waals surface area contributed by atoms with Gasteiger partial charge in [0.1, 0.15) is 17.0 Å². The summed E-state index contributed by atoms with van der Waals surface area (Å²) in [7, 11) is 0. The molecule has 7 aromatic rings. The van der Waals surface area contributed by atoms with Gasteiger partial charge in [0.2, 0.25) is 0 Å². The Labute approximate surface area is 286 Å². The quantitative estimate of drug-likeness (QED) is 0.156. The zero-order chi connectivity index (χ0) is 33.2.